The molecule has 0 radical (unpaired) electrons. The van der Waals surface area contributed by atoms with Crippen LogP contribution in [0.3, 0.4) is 0 Å². The second-order valence-corrected chi connectivity index (χ2v) is 5.79. The van der Waals surface area contributed by atoms with Crippen LogP contribution in [0.5, 0.6) is 0 Å². The van der Waals surface area contributed by atoms with Crippen LogP contribution in [0.4, 0.5) is 17.6 Å². The van der Waals surface area contributed by atoms with Crippen molar-refractivity contribution >= 4 is 23.3 Å². The molecule has 1 atom stereocenters. The zero-order chi connectivity index (χ0) is 14.8. The Morgan fingerprint density at radius 3 is 2.32 bits per heavy atom. The fourth-order valence-electron chi connectivity index (χ4n) is 2.07. The smallest absolute Gasteiger partial charge is 0.223 e. The van der Waals surface area contributed by atoms with Gasteiger partial charge in [0.1, 0.15) is 11.6 Å². The summed E-state index contributed by atoms with van der Waals surface area (Å²) in [6, 6.07) is 0.208. The van der Waals surface area contributed by atoms with Crippen molar-refractivity contribution in [2.24, 2.45) is 5.41 Å². The lowest BCUT2D eigenvalue weighted by Crippen LogP contribution is -2.34. The Balaban J connectivity index is 3.23. The number of hydrogen-bond acceptors (Lipinski definition) is 6. The summed E-state index contributed by atoms with van der Waals surface area (Å²) in [4.78, 5) is 8.11. The number of nitrogens with one attached hydrogen (secondary N) is 2. The van der Waals surface area contributed by atoms with E-state index in [0.29, 0.717) is 17.1 Å². The summed E-state index contributed by atoms with van der Waals surface area (Å²) in [7, 11) is 0. The van der Waals surface area contributed by atoms with Gasteiger partial charge in [-0.3, -0.25) is 0 Å². The molecular formula is C13H24N6. The lowest BCUT2D eigenvalue weighted by Gasteiger charge is -2.31. The van der Waals surface area contributed by atoms with Crippen LogP contribution in [0.2, 0.25) is 0 Å². The van der Waals surface area contributed by atoms with Gasteiger partial charge in [0.05, 0.1) is 5.56 Å². The number of anilines is 3. The van der Waals surface area contributed by atoms with Crippen molar-refractivity contribution in [3.8, 4) is 0 Å². The second kappa shape index (κ2) is 5.42. The van der Waals surface area contributed by atoms with Crippen LogP contribution in [-0.2, 0) is 0 Å². The van der Waals surface area contributed by atoms with E-state index in [1.54, 1.807) is 6.92 Å². The molecule has 1 aromatic rings. The molecule has 1 rings (SSSR count). The quantitative estimate of drug-likeness (QED) is 0.623. The van der Waals surface area contributed by atoms with Gasteiger partial charge in [-0.1, -0.05) is 27.7 Å². The first-order chi connectivity index (χ1) is 8.66. The summed E-state index contributed by atoms with van der Waals surface area (Å²) in [5.74, 6) is 0.902. The molecule has 0 bridgehead atoms. The van der Waals surface area contributed by atoms with Crippen LogP contribution in [-0.4, -0.2) is 21.7 Å². The first kappa shape index (κ1) is 15.2. The van der Waals surface area contributed by atoms with E-state index in [9.17, 15) is 0 Å². The molecule has 0 aliphatic carbocycles. The Kier molecular flexibility index (Phi) is 4.34. The average Bonchev–Trinajstić information content (AvgIpc) is 2.22. The number of aromatic nitrogens is 2. The average molecular weight is 264 g/mol. The minimum atomic E-state index is 0.0659. The van der Waals surface area contributed by atoms with Crippen molar-refractivity contribution in [1.29, 1.82) is 5.41 Å². The maximum absolute atomic E-state index is 7.80. The minimum absolute atomic E-state index is 0.0659. The van der Waals surface area contributed by atoms with E-state index in [4.69, 9.17) is 16.9 Å². The van der Waals surface area contributed by atoms with Gasteiger partial charge < -0.3 is 22.2 Å². The van der Waals surface area contributed by atoms with E-state index in [-0.39, 0.29) is 23.2 Å². The van der Waals surface area contributed by atoms with Crippen LogP contribution < -0.4 is 16.8 Å². The lowest BCUT2D eigenvalue weighted by molar-refractivity contribution is 0.333. The summed E-state index contributed by atoms with van der Waals surface area (Å²) < 4.78 is 0. The van der Waals surface area contributed by atoms with Crippen molar-refractivity contribution in [1.82, 2.24) is 9.97 Å². The SMILES string of the molecule is CCC(Nc1nc(N)nc(N)c1C(C)=N)C(C)(C)C. The Morgan fingerprint density at radius 2 is 1.89 bits per heavy atom. The number of rotatable bonds is 4. The van der Waals surface area contributed by atoms with E-state index < -0.39 is 0 Å². The zero-order valence-corrected chi connectivity index (χ0v) is 12.3. The van der Waals surface area contributed by atoms with Gasteiger partial charge >= 0.3 is 0 Å². The van der Waals surface area contributed by atoms with Gasteiger partial charge in [0.25, 0.3) is 0 Å². The Hall–Kier alpha value is -1.85. The van der Waals surface area contributed by atoms with Gasteiger partial charge in [-0.15, -0.1) is 0 Å². The lowest BCUT2D eigenvalue weighted by atomic mass is 9.85. The van der Waals surface area contributed by atoms with E-state index in [2.05, 4.69) is 43.0 Å². The highest BCUT2D eigenvalue weighted by Gasteiger charge is 2.25. The second-order valence-electron chi connectivity index (χ2n) is 5.79. The third-order valence-electron chi connectivity index (χ3n) is 3.09. The first-order valence-corrected chi connectivity index (χ1v) is 6.41. The molecule has 0 fully saturated rings. The predicted molar refractivity (Wildman–Crippen MR) is 80.5 cm³/mol. The molecule has 0 aliphatic rings. The highest BCUT2D eigenvalue weighted by molar-refractivity contribution is 6.04. The number of hydrogen-bond donors (Lipinski definition) is 4. The largest absolute Gasteiger partial charge is 0.383 e. The highest BCUT2D eigenvalue weighted by Crippen LogP contribution is 2.28. The van der Waals surface area contributed by atoms with Gasteiger partial charge in [-0.05, 0) is 18.8 Å². The third-order valence-corrected chi connectivity index (χ3v) is 3.09. The third kappa shape index (κ3) is 3.56. The molecule has 0 saturated heterocycles. The van der Waals surface area contributed by atoms with Crippen LogP contribution >= 0.6 is 0 Å². The normalized spacial score (nSPS) is 13.1. The van der Waals surface area contributed by atoms with Crippen molar-refractivity contribution in [3.63, 3.8) is 0 Å². The molecule has 106 valence electrons. The van der Waals surface area contributed by atoms with Gasteiger partial charge in [-0.25, -0.2) is 0 Å². The minimum Gasteiger partial charge on any atom is -0.383 e. The van der Waals surface area contributed by atoms with Gasteiger partial charge in [0.2, 0.25) is 5.95 Å². The van der Waals surface area contributed by atoms with Gasteiger partial charge in [-0.2, -0.15) is 9.97 Å². The molecule has 0 spiro atoms. The maximum Gasteiger partial charge on any atom is 0.223 e. The molecule has 1 unspecified atom stereocenters. The molecule has 6 N–H and O–H groups in total. The molecule has 0 amide bonds. The van der Waals surface area contributed by atoms with Crippen molar-refractivity contribution in [2.75, 3.05) is 16.8 Å². The van der Waals surface area contributed by atoms with Crippen molar-refractivity contribution < 1.29 is 0 Å². The molecule has 0 aliphatic heterocycles. The predicted octanol–water partition coefficient (Wildman–Crippen LogP) is 2.27. The molecule has 6 nitrogen and oxygen atoms in total. The molecule has 19 heavy (non-hydrogen) atoms. The molecule has 1 aromatic heterocycles. The molecule has 6 heteroatoms. The van der Waals surface area contributed by atoms with Crippen LogP contribution in [0.25, 0.3) is 0 Å². The maximum atomic E-state index is 7.80. The molecule has 0 saturated carbocycles. The van der Waals surface area contributed by atoms with Crippen molar-refractivity contribution in [3.05, 3.63) is 5.56 Å². The van der Waals surface area contributed by atoms with Crippen LogP contribution in [0, 0.1) is 10.8 Å². The Morgan fingerprint density at radius 1 is 1.32 bits per heavy atom. The molecular weight excluding hydrogens is 240 g/mol. The summed E-state index contributed by atoms with van der Waals surface area (Å²) in [6.07, 6.45) is 0.934. The number of nitrogens with two attached hydrogens (primary N) is 2. The first-order valence-electron chi connectivity index (χ1n) is 6.41. The summed E-state index contributed by atoms with van der Waals surface area (Å²) >= 11 is 0. The Labute approximate surface area is 114 Å². The van der Waals surface area contributed by atoms with Crippen molar-refractivity contribution in [2.45, 2.75) is 47.1 Å². The zero-order valence-electron chi connectivity index (χ0n) is 12.3. The molecule has 0 aromatic carbocycles. The Bertz CT molecular complexity index is 475. The van der Waals surface area contributed by atoms with Crippen LogP contribution in [0.1, 0.15) is 46.6 Å². The number of nitrogens with zero attached hydrogens (tertiary/aromatic N) is 2. The van der Waals surface area contributed by atoms with Gasteiger partial charge in [0, 0.05) is 11.8 Å². The van der Waals surface area contributed by atoms with E-state index >= 15 is 0 Å². The fourth-order valence-corrected chi connectivity index (χ4v) is 2.07. The fraction of sp³-hybridized carbons (Fsp3) is 0.615. The van der Waals surface area contributed by atoms with E-state index in [0.717, 1.165) is 6.42 Å². The summed E-state index contributed by atoms with van der Waals surface area (Å²) in [5.41, 5.74) is 12.4. The summed E-state index contributed by atoms with van der Waals surface area (Å²) in [5, 5.41) is 11.2. The molecule has 1 heterocycles. The topological polar surface area (TPSA) is 114 Å². The van der Waals surface area contributed by atoms with E-state index in [1.807, 2.05) is 0 Å². The summed E-state index contributed by atoms with van der Waals surface area (Å²) in [6.45, 7) is 10.2. The standard InChI is InChI=1S/C13H24N6/c1-6-8(13(3,4)5)17-11-9(7(2)14)10(15)18-12(16)19-11/h8,14H,6H2,1-5H3,(H5,15,16,17,18,19). The van der Waals surface area contributed by atoms with Crippen LogP contribution in [0.15, 0.2) is 0 Å². The van der Waals surface area contributed by atoms with Gasteiger partial charge in [0.15, 0.2) is 0 Å². The number of nitrogen functional groups attached to an aromatic ring is 2. The highest BCUT2D eigenvalue weighted by atomic mass is 15.1. The monoisotopic (exact) mass is 264 g/mol. The van der Waals surface area contributed by atoms with E-state index in [1.165, 1.54) is 0 Å².